The molecule has 2 N–H and O–H groups in total. The van der Waals surface area contributed by atoms with E-state index < -0.39 is 0 Å². The van der Waals surface area contributed by atoms with Crippen LogP contribution in [0.1, 0.15) is 5.82 Å². The highest BCUT2D eigenvalue weighted by molar-refractivity contribution is 5.92. The number of amides is 1. The van der Waals surface area contributed by atoms with E-state index in [1.165, 1.54) is 0 Å². The van der Waals surface area contributed by atoms with E-state index in [2.05, 4.69) is 15.6 Å². The summed E-state index contributed by atoms with van der Waals surface area (Å²) in [7, 11) is 3.65. The van der Waals surface area contributed by atoms with Crippen LogP contribution in [0, 0.1) is 0 Å². The number of nitrogens with one attached hydrogen (secondary N) is 2. The number of imidazole rings is 1. The van der Waals surface area contributed by atoms with E-state index in [-0.39, 0.29) is 12.5 Å². The van der Waals surface area contributed by atoms with Gasteiger partial charge in [0.15, 0.2) is 0 Å². The van der Waals surface area contributed by atoms with Gasteiger partial charge in [-0.15, -0.1) is 0 Å². The van der Waals surface area contributed by atoms with Gasteiger partial charge in [0.25, 0.3) is 0 Å². The number of anilines is 1. The molecule has 0 atom stereocenters. The smallest absolute Gasteiger partial charge is 0.238 e. The van der Waals surface area contributed by atoms with Crippen LogP contribution in [-0.4, -0.2) is 29.1 Å². The van der Waals surface area contributed by atoms with Gasteiger partial charge in [0, 0.05) is 25.1 Å². The van der Waals surface area contributed by atoms with E-state index in [1.54, 1.807) is 25.4 Å². The summed E-state index contributed by atoms with van der Waals surface area (Å²) >= 11 is 0. The van der Waals surface area contributed by atoms with Crippen molar-refractivity contribution in [2.24, 2.45) is 7.05 Å². The minimum absolute atomic E-state index is 0.0748. The highest BCUT2D eigenvalue weighted by Crippen LogP contribution is 2.16. The van der Waals surface area contributed by atoms with Crippen LogP contribution in [0.2, 0.25) is 0 Å². The number of nitrogens with zero attached hydrogens (tertiary/aromatic N) is 2. The van der Waals surface area contributed by atoms with Crippen LogP contribution in [0.5, 0.6) is 5.75 Å². The van der Waals surface area contributed by atoms with Crippen LogP contribution in [-0.2, 0) is 18.4 Å². The van der Waals surface area contributed by atoms with E-state index in [1.807, 2.05) is 29.9 Å². The van der Waals surface area contributed by atoms with Crippen LogP contribution in [0.4, 0.5) is 5.69 Å². The summed E-state index contributed by atoms with van der Waals surface area (Å²) in [6.45, 7) is 0.701. The summed E-state index contributed by atoms with van der Waals surface area (Å²) in [5.41, 5.74) is 0.745. The molecule has 2 rings (SSSR count). The molecule has 0 saturated carbocycles. The van der Waals surface area contributed by atoms with Crippen molar-refractivity contribution in [2.75, 3.05) is 18.9 Å². The lowest BCUT2D eigenvalue weighted by atomic mass is 10.3. The molecule has 6 heteroatoms. The number of carbonyl (C=O) groups excluding carboxylic acids is 1. The summed E-state index contributed by atoms with van der Waals surface area (Å²) in [5.74, 6) is 1.52. The lowest BCUT2D eigenvalue weighted by molar-refractivity contribution is -0.115. The highest BCUT2D eigenvalue weighted by Gasteiger charge is 2.02. The second-order valence-electron chi connectivity index (χ2n) is 4.35. The number of hydrogen-bond acceptors (Lipinski definition) is 4. The Labute approximate surface area is 117 Å². The molecule has 0 aliphatic carbocycles. The van der Waals surface area contributed by atoms with Gasteiger partial charge in [-0.1, -0.05) is 0 Å². The Hall–Kier alpha value is -2.34. The van der Waals surface area contributed by atoms with Gasteiger partial charge < -0.3 is 19.9 Å². The van der Waals surface area contributed by atoms with Crippen molar-refractivity contribution in [1.82, 2.24) is 14.9 Å². The predicted molar refractivity (Wildman–Crippen MR) is 76.5 cm³/mol. The van der Waals surface area contributed by atoms with Gasteiger partial charge in [-0.25, -0.2) is 4.98 Å². The minimum Gasteiger partial charge on any atom is -0.486 e. The zero-order valence-electron chi connectivity index (χ0n) is 11.6. The molecule has 0 fully saturated rings. The Morgan fingerprint density at radius 3 is 2.70 bits per heavy atom. The second kappa shape index (κ2) is 6.72. The zero-order valence-corrected chi connectivity index (χ0v) is 11.6. The molecule has 106 valence electrons. The summed E-state index contributed by atoms with van der Waals surface area (Å²) in [5, 5.41) is 5.57. The molecule has 0 spiro atoms. The minimum atomic E-state index is -0.0748. The Morgan fingerprint density at radius 1 is 1.35 bits per heavy atom. The standard InChI is InChI=1S/C14H18N4O2/c1-15-9-14(19)17-11-3-5-12(6-4-11)20-10-13-16-7-8-18(13)2/h3-8,15H,9-10H2,1-2H3,(H,17,19). The summed E-state index contributed by atoms with van der Waals surface area (Å²) in [6.07, 6.45) is 3.61. The number of benzene rings is 1. The third kappa shape index (κ3) is 3.83. The molecule has 0 aliphatic rings. The van der Waals surface area contributed by atoms with E-state index in [0.717, 1.165) is 17.3 Å². The maximum absolute atomic E-state index is 11.4. The Bertz CT molecular complexity index is 563. The Kier molecular flexibility index (Phi) is 4.73. The molecular formula is C14H18N4O2. The van der Waals surface area contributed by atoms with Gasteiger partial charge >= 0.3 is 0 Å². The molecular weight excluding hydrogens is 256 g/mol. The van der Waals surface area contributed by atoms with E-state index >= 15 is 0 Å². The number of carbonyl (C=O) groups is 1. The predicted octanol–water partition coefficient (Wildman–Crippen LogP) is 1.16. The lowest BCUT2D eigenvalue weighted by Crippen LogP contribution is -2.24. The highest BCUT2D eigenvalue weighted by atomic mass is 16.5. The average molecular weight is 274 g/mol. The van der Waals surface area contributed by atoms with Crippen LogP contribution in [0.3, 0.4) is 0 Å². The fourth-order valence-corrected chi connectivity index (χ4v) is 1.68. The van der Waals surface area contributed by atoms with Crippen LogP contribution in [0.15, 0.2) is 36.7 Å². The molecule has 2 aromatic rings. The van der Waals surface area contributed by atoms with E-state index in [9.17, 15) is 4.79 Å². The van der Waals surface area contributed by atoms with Gasteiger partial charge in [0.2, 0.25) is 5.91 Å². The van der Waals surface area contributed by atoms with Crippen molar-refractivity contribution in [3.63, 3.8) is 0 Å². The monoisotopic (exact) mass is 274 g/mol. The molecule has 0 aliphatic heterocycles. The first kappa shape index (κ1) is 14.1. The molecule has 0 bridgehead atoms. The summed E-state index contributed by atoms with van der Waals surface area (Å²) < 4.78 is 7.54. The number of aromatic nitrogens is 2. The van der Waals surface area contributed by atoms with Crippen molar-refractivity contribution < 1.29 is 9.53 Å². The largest absolute Gasteiger partial charge is 0.486 e. The summed E-state index contributed by atoms with van der Waals surface area (Å²) in [4.78, 5) is 15.6. The number of ether oxygens (including phenoxy) is 1. The molecule has 20 heavy (non-hydrogen) atoms. The molecule has 6 nitrogen and oxygen atoms in total. The van der Waals surface area contributed by atoms with Gasteiger partial charge in [0.1, 0.15) is 18.2 Å². The lowest BCUT2D eigenvalue weighted by Gasteiger charge is -2.08. The molecule has 0 radical (unpaired) electrons. The first-order valence-corrected chi connectivity index (χ1v) is 6.32. The van der Waals surface area contributed by atoms with Crippen molar-refractivity contribution in [3.05, 3.63) is 42.5 Å². The zero-order chi connectivity index (χ0) is 14.4. The molecule has 1 aromatic heterocycles. The van der Waals surface area contributed by atoms with Crippen LogP contribution < -0.4 is 15.4 Å². The van der Waals surface area contributed by atoms with Gasteiger partial charge in [-0.3, -0.25) is 4.79 Å². The maximum atomic E-state index is 11.4. The van der Waals surface area contributed by atoms with Crippen molar-refractivity contribution in [1.29, 1.82) is 0 Å². The van der Waals surface area contributed by atoms with Crippen molar-refractivity contribution >= 4 is 11.6 Å². The fourth-order valence-electron chi connectivity index (χ4n) is 1.68. The van der Waals surface area contributed by atoms with Gasteiger partial charge in [-0.2, -0.15) is 0 Å². The number of rotatable bonds is 6. The first-order valence-electron chi connectivity index (χ1n) is 6.32. The molecule has 0 unspecified atom stereocenters. The van der Waals surface area contributed by atoms with Gasteiger partial charge in [0.05, 0.1) is 6.54 Å². The number of aryl methyl sites for hydroxylation is 1. The SMILES string of the molecule is CNCC(=O)Nc1ccc(OCc2nccn2C)cc1. The van der Waals surface area contributed by atoms with Crippen molar-refractivity contribution in [3.8, 4) is 5.75 Å². The van der Waals surface area contributed by atoms with Crippen LogP contribution >= 0.6 is 0 Å². The third-order valence-corrected chi connectivity index (χ3v) is 2.76. The second-order valence-corrected chi connectivity index (χ2v) is 4.35. The quantitative estimate of drug-likeness (QED) is 0.829. The average Bonchev–Trinajstić information content (AvgIpc) is 2.84. The molecule has 1 amide bonds. The molecule has 1 aromatic carbocycles. The molecule has 1 heterocycles. The third-order valence-electron chi connectivity index (χ3n) is 2.76. The molecule has 0 saturated heterocycles. The van der Waals surface area contributed by atoms with E-state index in [0.29, 0.717) is 6.61 Å². The topological polar surface area (TPSA) is 68.2 Å². The first-order chi connectivity index (χ1) is 9.69. The normalized spacial score (nSPS) is 10.3. The Balaban J connectivity index is 1.88. The van der Waals surface area contributed by atoms with Gasteiger partial charge in [-0.05, 0) is 31.3 Å². The summed E-state index contributed by atoms with van der Waals surface area (Å²) in [6, 6.07) is 7.25. The Morgan fingerprint density at radius 2 is 2.10 bits per heavy atom. The van der Waals surface area contributed by atoms with E-state index in [4.69, 9.17) is 4.74 Å². The van der Waals surface area contributed by atoms with Crippen LogP contribution in [0.25, 0.3) is 0 Å². The number of likely N-dealkylation sites (N-methyl/N-ethyl adjacent to an activating group) is 1. The maximum Gasteiger partial charge on any atom is 0.238 e. The number of hydrogen-bond donors (Lipinski definition) is 2. The van der Waals surface area contributed by atoms with Crippen molar-refractivity contribution in [2.45, 2.75) is 6.61 Å². The fraction of sp³-hybridized carbons (Fsp3) is 0.286.